The van der Waals surface area contributed by atoms with Gasteiger partial charge in [0.25, 0.3) is 0 Å². The van der Waals surface area contributed by atoms with Crippen LogP contribution in [0.5, 0.6) is 0 Å². The molecule has 6 heteroatoms. The van der Waals surface area contributed by atoms with Crippen molar-refractivity contribution in [3.8, 4) is 0 Å². The highest BCUT2D eigenvalue weighted by Crippen LogP contribution is 2.28. The number of aryl methyl sites for hydroxylation is 2. The number of aromatic nitrogens is 3. The van der Waals surface area contributed by atoms with Crippen LogP contribution in [-0.4, -0.2) is 14.5 Å². The van der Waals surface area contributed by atoms with E-state index in [1.54, 1.807) is 18.2 Å². The van der Waals surface area contributed by atoms with Gasteiger partial charge in [0.15, 0.2) is 5.65 Å². The first-order valence-corrected chi connectivity index (χ1v) is 7.43. The molecule has 21 heavy (non-hydrogen) atoms. The minimum atomic E-state index is 0.457. The molecule has 1 radical (unpaired) electrons. The standard InChI is InChI=1S/C15H11Cl3N3/c1-8-6-12(18)19-15-14(8)20-13(21(15)2)7-9-10(16)4-3-5-11(9)17/h3-4,6H,7H2,1-2H3. The molecule has 0 aliphatic carbocycles. The minimum Gasteiger partial charge on any atom is -0.316 e. The van der Waals surface area contributed by atoms with Crippen molar-refractivity contribution in [2.75, 3.05) is 0 Å². The van der Waals surface area contributed by atoms with Crippen LogP contribution in [0.2, 0.25) is 15.2 Å². The number of hydrogen-bond donors (Lipinski definition) is 0. The minimum absolute atomic E-state index is 0.457. The van der Waals surface area contributed by atoms with E-state index in [-0.39, 0.29) is 0 Å². The highest BCUT2D eigenvalue weighted by molar-refractivity contribution is 6.35. The zero-order valence-electron chi connectivity index (χ0n) is 11.4. The van der Waals surface area contributed by atoms with Gasteiger partial charge in [-0.3, -0.25) is 0 Å². The number of hydrogen-bond acceptors (Lipinski definition) is 2. The predicted octanol–water partition coefficient (Wildman–Crippen LogP) is 4.63. The molecule has 3 aromatic rings. The van der Waals surface area contributed by atoms with Crippen LogP contribution in [0.25, 0.3) is 11.2 Å². The summed E-state index contributed by atoms with van der Waals surface area (Å²) in [6.45, 7) is 1.96. The molecule has 1 aromatic carbocycles. The fourth-order valence-electron chi connectivity index (χ4n) is 2.27. The van der Waals surface area contributed by atoms with E-state index in [1.807, 2.05) is 18.5 Å². The Hall–Kier alpha value is -1.29. The third-order valence-corrected chi connectivity index (χ3v) is 4.29. The summed E-state index contributed by atoms with van der Waals surface area (Å²) >= 11 is 18.4. The number of pyridine rings is 1. The van der Waals surface area contributed by atoms with Crippen LogP contribution in [0.15, 0.2) is 18.2 Å². The summed E-state index contributed by atoms with van der Waals surface area (Å²) in [6.07, 6.45) is 0.513. The molecule has 0 unspecified atom stereocenters. The average Bonchev–Trinajstić information content (AvgIpc) is 2.72. The average molecular weight is 340 g/mol. The Bertz CT molecular complexity index is 820. The number of fused-ring (bicyclic) bond motifs is 1. The van der Waals surface area contributed by atoms with Gasteiger partial charge in [0.05, 0.1) is 5.02 Å². The molecule has 3 rings (SSSR count). The van der Waals surface area contributed by atoms with Crippen LogP contribution in [0.3, 0.4) is 0 Å². The number of rotatable bonds is 2. The lowest BCUT2D eigenvalue weighted by Gasteiger charge is -2.06. The highest BCUT2D eigenvalue weighted by atomic mass is 35.5. The Kier molecular flexibility index (Phi) is 3.82. The first-order valence-electron chi connectivity index (χ1n) is 6.30. The monoisotopic (exact) mass is 338 g/mol. The molecule has 0 N–H and O–H groups in total. The summed E-state index contributed by atoms with van der Waals surface area (Å²) in [5.74, 6) is 0.825. The first kappa shape index (κ1) is 14.6. The Morgan fingerprint density at radius 3 is 2.71 bits per heavy atom. The van der Waals surface area contributed by atoms with Gasteiger partial charge in [-0.2, -0.15) is 0 Å². The fourth-order valence-corrected chi connectivity index (χ4v) is 3.01. The lowest BCUT2D eigenvalue weighted by Crippen LogP contribution is -2.01. The molecular formula is C15H11Cl3N3. The molecule has 0 atom stereocenters. The molecule has 2 aromatic heterocycles. The second-order valence-electron chi connectivity index (χ2n) is 4.82. The summed E-state index contributed by atoms with van der Waals surface area (Å²) in [4.78, 5) is 8.98. The summed E-state index contributed by atoms with van der Waals surface area (Å²) < 4.78 is 1.91. The molecule has 0 aliphatic rings. The lowest BCUT2D eigenvalue weighted by atomic mass is 10.1. The van der Waals surface area contributed by atoms with E-state index in [2.05, 4.69) is 16.0 Å². The zero-order chi connectivity index (χ0) is 15.1. The predicted molar refractivity (Wildman–Crippen MR) is 86.4 cm³/mol. The van der Waals surface area contributed by atoms with Crippen molar-refractivity contribution in [2.24, 2.45) is 7.05 Å². The second-order valence-corrected chi connectivity index (χ2v) is 5.99. The molecule has 3 nitrogen and oxygen atoms in total. The van der Waals surface area contributed by atoms with Crippen LogP contribution in [0.4, 0.5) is 0 Å². The van der Waals surface area contributed by atoms with Gasteiger partial charge in [-0.25, -0.2) is 9.97 Å². The molecule has 0 fully saturated rings. The van der Waals surface area contributed by atoms with Gasteiger partial charge in [-0.1, -0.05) is 40.9 Å². The van der Waals surface area contributed by atoms with Crippen molar-refractivity contribution < 1.29 is 0 Å². The smallest absolute Gasteiger partial charge is 0.161 e. The van der Waals surface area contributed by atoms with E-state index in [9.17, 15) is 0 Å². The maximum absolute atomic E-state index is 6.21. The van der Waals surface area contributed by atoms with Gasteiger partial charge in [0.1, 0.15) is 16.5 Å². The van der Waals surface area contributed by atoms with Crippen molar-refractivity contribution >= 4 is 46.0 Å². The molecule has 0 saturated carbocycles. The highest BCUT2D eigenvalue weighted by Gasteiger charge is 2.15. The molecule has 0 aliphatic heterocycles. The third kappa shape index (κ3) is 2.61. The maximum atomic E-state index is 6.21. The maximum Gasteiger partial charge on any atom is 0.161 e. The van der Waals surface area contributed by atoms with Crippen LogP contribution in [0.1, 0.15) is 17.0 Å². The van der Waals surface area contributed by atoms with E-state index in [0.29, 0.717) is 21.6 Å². The molecule has 0 amide bonds. The normalized spacial score (nSPS) is 11.3. The van der Waals surface area contributed by atoms with E-state index in [1.165, 1.54) is 0 Å². The molecule has 0 spiro atoms. The van der Waals surface area contributed by atoms with E-state index < -0.39 is 0 Å². The number of halogens is 3. The fraction of sp³-hybridized carbons (Fsp3) is 0.200. The van der Waals surface area contributed by atoms with Crippen molar-refractivity contribution in [1.29, 1.82) is 0 Å². The molecule has 0 saturated heterocycles. The zero-order valence-corrected chi connectivity index (χ0v) is 13.7. The molecule has 2 heterocycles. The summed E-state index contributed by atoms with van der Waals surface area (Å²) in [5.41, 5.74) is 3.39. The number of imidazole rings is 1. The van der Waals surface area contributed by atoms with Crippen LogP contribution in [-0.2, 0) is 13.5 Å². The van der Waals surface area contributed by atoms with Crippen molar-refractivity contribution in [1.82, 2.24) is 14.5 Å². The van der Waals surface area contributed by atoms with Crippen LogP contribution < -0.4 is 0 Å². The molecule has 0 bridgehead atoms. The van der Waals surface area contributed by atoms with Crippen LogP contribution in [0, 0.1) is 13.0 Å². The molecule has 107 valence electrons. The summed E-state index contributed by atoms with van der Waals surface area (Å²) in [7, 11) is 1.90. The van der Waals surface area contributed by atoms with E-state index in [4.69, 9.17) is 34.8 Å². The van der Waals surface area contributed by atoms with Gasteiger partial charge >= 0.3 is 0 Å². The Morgan fingerprint density at radius 1 is 1.24 bits per heavy atom. The SMILES string of the molecule is Cc1cc(Cl)nc2c1nc(Cc1c(Cl)[c]ccc1Cl)n2C. The van der Waals surface area contributed by atoms with E-state index in [0.717, 1.165) is 28.1 Å². The third-order valence-electron chi connectivity index (χ3n) is 3.41. The summed E-state index contributed by atoms with van der Waals surface area (Å²) in [5, 5.41) is 1.57. The summed E-state index contributed by atoms with van der Waals surface area (Å²) in [6, 6.07) is 8.22. The van der Waals surface area contributed by atoms with Crippen molar-refractivity contribution in [3.05, 3.63) is 56.4 Å². The van der Waals surface area contributed by atoms with Crippen molar-refractivity contribution in [3.63, 3.8) is 0 Å². The van der Waals surface area contributed by atoms with E-state index >= 15 is 0 Å². The van der Waals surface area contributed by atoms with Gasteiger partial charge < -0.3 is 4.57 Å². The quantitative estimate of drug-likeness (QED) is 0.637. The van der Waals surface area contributed by atoms with Gasteiger partial charge in [-0.15, -0.1) is 0 Å². The second kappa shape index (κ2) is 5.48. The first-order chi connectivity index (χ1) is 9.97. The van der Waals surface area contributed by atoms with Crippen LogP contribution >= 0.6 is 34.8 Å². The Morgan fingerprint density at radius 2 is 2.00 bits per heavy atom. The number of benzene rings is 1. The largest absolute Gasteiger partial charge is 0.316 e. The lowest BCUT2D eigenvalue weighted by molar-refractivity contribution is 0.836. The number of nitrogens with zero attached hydrogens (tertiary/aromatic N) is 3. The van der Waals surface area contributed by atoms with Gasteiger partial charge in [0, 0.05) is 24.6 Å². The van der Waals surface area contributed by atoms with Crippen molar-refractivity contribution in [2.45, 2.75) is 13.3 Å². The Labute approximate surface area is 137 Å². The van der Waals surface area contributed by atoms with Gasteiger partial charge in [-0.05, 0) is 30.2 Å². The Balaban J connectivity index is 2.14. The topological polar surface area (TPSA) is 30.7 Å². The van der Waals surface area contributed by atoms with Gasteiger partial charge in [0.2, 0.25) is 0 Å². The molecular weight excluding hydrogens is 329 g/mol.